The molecule has 11 heavy (non-hydrogen) atoms. The van der Waals surface area contributed by atoms with Crippen LogP contribution >= 0.6 is 0 Å². The molecule has 1 saturated carbocycles. The average molecular weight is 154 g/mol. The Kier molecular flexibility index (Phi) is 3.60. The fourth-order valence-electron chi connectivity index (χ4n) is 1.71. The molecule has 0 amide bonds. The second-order valence-electron chi connectivity index (χ2n) is 3.28. The maximum absolute atomic E-state index is 5.82. The van der Waals surface area contributed by atoms with E-state index in [4.69, 9.17) is 5.84 Å². The predicted molar refractivity (Wildman–Crippen MR) is 48.0 cm³/mol. The Morgan fingerprint density at radius 2 is 2.00 bits per heavy atom. The first-order chi connectivity index (χ1) is 5.34. The van der Waals surface area contributed by atoms with E-state index < -0.39 is 0 Å². The van der Waals surface area contributed by atoms with Crippen molar-refractivity contribution in [2.24, 2.45) is 5.84 Å². The molecular formula is C9H18N2. The van der Waals surface area contributed by atoms with Crippen molar-refractivity contribution in [1.29, 1.82) is 0 Å². The lowest BCUT2D eigenvalue weighted by molar-refractivity contribution is 0.175. The minimum atomic E-state index is 0.613. The highest BCUT2D eigenvalue weighted by Gasteiger charge is 2.16. The molecule has 1 aliphatic rings. The quantitative estimate of drug-likeness (QED) is 0.381. The smallest absolute Gasteiger partial charge is 0.0309 e. The summed E-state index contributed by atoms with van der Waals surface area (Å²) in [6.07, 6.45) is 8.48. The van der Waals surface area contributed by atoms with Crippen LogP contribution in [0.2, 0.25) is 0 Å². The van der Waals surface area contributed by atoms with E-state index in [-0.39, 0.29) is 0 Å². The SMILES string of the molecule is C=CCN(N)C1CCCCC1. The third kappa shape index (κ3) is 2.64. The number of rotatable bonds is 3. The van der Waals surface area contributed by atoms with Gasteiger partial charge in [-0.2, -0.15) is 0 Å². The zero-order chi connectivity index (χ0) is 8.10. The largest absolute Gasteiger partial charge is 0.268 e. The Morgan fingerprint density at radius 1 is 1.36 bits per heavy atom. The minimum absolute atomic E-state index is 0.613. The van der Waals surface area contributed by atoms with Gasteiger partial charge in [0, 0.05) is 12.6 Å². The van der Waals surface area contributed by atoms with Crippen LogP contribution in [0, 0.1) is 0 Å². The van der Waals surface area contributed by atoms with Crippen molar-refractivity contribution in [3.05, 3.63) is 12.7 Å². The molecular weight excluding hydrogens is 136 g/mol. The maximum atomic E-state index is 5.82. The molecule has 0 radical (unpaired) electrons. The third-order valence-electron chi connectivity index (χ3n) is 2.38. The van der Waals surface area contributed by atoms with E-state index in [1.54, 1.807) is 0 Å². The van der Waals surface area contributed by atoms with Gasteiger partial charge >= 0.3 is 0 Å². The molecule has 2 nitrogen and oxygen atoms in total. The zero-order valence-corrected chi connectivity index (χ0v) is 7.13. The summed E-state index contributed by atoms with van der Waals surface area (Å²) >= 11 is 0. The number of nitrogens with zero attached hydrogens (tertiary/aromatic N) is 1. The summed E-state index contributed by atoms with van der Waals surface area (Å²) in [4.78, 5) is 0. The van der Waals surface area contributed by atoms with Gasteiger partial charge in [0.1, 0.15) is 0 Å². The Morgan fingerprint density at radius 3 is 2.55 bits per heavy atom. The summed E-state index contributed by atoms with van der Waals surface area (Å²) in [5.41, 5.74) is 0. The molecule has 0 saturated heterocycles. The summed E-state index contributed by atoms with van der Waals surface area (Å²) in [6, 6.07) is 0.613. The van der Waals surface area contributed by atoms with Crippen LogP contribution in [0.1, 0.15) is 32.1 Å². The molecule has 0 atom stereocenters. The highest BCUT2D eigenvalue weighted by atomic mass is 15.4. The number of hydrogen-bond acceptors (Lipinski definition) is 2. The van der Waals surface area contributed by atoms with E-state index >= 15 is 0 Å². The van der Waals surface area contributed by atoms with Crippen molar-refractivity contribution in [1.82, 2.24) is 5.01 Å². The van der Waals surface area contributed by atoms with Gasteiger partial charge in [0.2, 0.25) is 0 Å². The average Bonchev–Trinajstić information content (AvgIpc) is 2.07. The van der Waals surface area contributed by atoms with E-state index in [2.05, 4.69) is 6.58 Å². The van der Waals surface area contributed by atoms with E-state index in [0.29, 0.717) is 6.04 Å². The normalized spacial score (nSPS) is 20.5. The van der Waals surface area contributed by atoms with Gasteiger partial charge in [-0.3, -0.25) is 5.84 Å². The van der Waals surface area contributed by atoms with E-state index in [1.807, 2.05) is 11.1 Å². The summed E-state index contributed by atoms with van der Waals surface area (Å²) < 4.78 is 0. The Bertz CT molecular complexity index is 117. The molecule has 2 N–H and O–H groups in total. The Hall–Kier alpha value is -0.340. The second-order valence-corrected chi connectivity index (χ2v) is 3.28. The van der Waals surface area contributed by atoms with E-state index in [0.717, 1.165) is 6.54 Å². The minimum Gasteiger partial charge on any atom is -0.268 e. The van der Waals surface area contributed by atoms with E-state index in [9.17, 15) is 0 Å². The molecule has 1 aliphatic carbocycles. The summed E-state index contributed by atoms with van der Waals surface area (Å²) in [6.45, 7) is 4.50. The van der Waals surface area contributed by atoms with Crippen molar-refractivity contribution in [2.75, 3.05) is 6.54 Å². The molecule has 64 valence electrons. The van der Waals surface area contributed by atoms with Crippen LogP contribution in [0.25, 0.3) is 0 Å². The van der Waals surface area contributed by atoms with Gasteiger partial charge < -0.3 is 0 Å². The molecule has 0 aliphatic heterocycles. The second kappa shape index (κ2) is 4.52. The van der Waals surface area contributed by atoms with Gasteiger partial charge in [0.05, 0.1) is 0 Å². The van der Waals surface area contributed by atoms with Gasteiger partial charge in [0.25, 0.3) is 0 Å². The van der Waals surface area contributed by atoms with Crippen molar-refractivity contribution in [3.8, 4) is 0 Å². The topological polar surface area (TPSA) is 29.3 Å². The van der Waals surface area contributed by atoms with E-state index in [1.165, 1.54) is 32.1 Å². The number of hydrogen-bond donors (Lipinski definition) is 1. The summed E-state index contributed by atoms with van der Waals surface area (Å²) in [5, 5.41) is 1.92. The molecule has 0 heterocycles. The molecule has 0 aromatic rings. The van der Waals surface area contributed by atoms with Crippen LogP contribution in [0.15, 0.2) is 12.7 Å². The first kappa shape index (κ1) is 8.75. The van der Waals surface area contributed by atoms with Crippen molar-refractivity contribution < 1.29 is 0 Å². The maximum Gasteiger partial charge on any atom is 0.0309 e. The highest BCUT2D eigenvalue weighted by Crippen LogP contribution is 2.20. The first-order valence-electron chi connectivity index (χ1n) is 4.47. The van der Waals surface area contributed by atoms with Crippen molar-refractivity contribution in [3.63, 3.8) is 0 Å². The van der Waals surface area contributed by atoms with Crippen molar-refractivity contribution in [2.45, 2.75) is 38.1 Å². The molecule has 0 aromatic carbocycles. The molecule has 0 aromatic heterocycles. The number of hydrazine groups is 1. The van der Waals surface area contributed by atoms with Gasteiger partial charge in [0.15, 0.2) is 0 Å². The van der Waals surface area contributed by atoms with Crippen LogP contribution < -0.4 is 5.84 Å². The fraction of sp³-hybridized carbons (Fsp3) is 0.778. The Labute approximate surface area is 69.0 Å². The Balaban J connectivity index is 2.26. The molecule has 0 unspecified atom stereocenters. The van der Waals surface area contributed by atoms with Crippen molar-refractivity contribution >= 4 is 0 Å². The van der Waals surface area contributed by atoms with Gasteiger partial charge in [-0.1, -0.05) is 25.3 Å². The highest BCUT2D eigenvalue weighted by molar-refractivity contribution is 4.77. The first-order valence-corrected chi connectivity index (χ1v) is 4.47. The molecule has 1 fully saturated rings. The molecule has 2 heteroatoms. The van der Waals surface area contributed by atoms with Gasteiger partial charge in [-0.15, -0.1) is 6.58 Å². The molecule has 0 bridgehead atoms. The lowest BCUT2D eigenvalue weighted by atomic mass is 9.95. The third-order valence-corrected chi connectivity index (χ3v) is 2.38. The standard InChI is InChI=1S/C9H18N2/c1-2-8-11(10)9-6-4-3-5-7-9/h2,9H,1,3-8,10H2. The predicted octanol–water partition coefficient (Wildman–Crippen LogP) is 1.68. The van der Waals surface area contributed by atoms with Gasteiger partial charge in [-0.05, 0) is 12.8 Å². The van der Waals surface area contributed by atoms with Crippen LogP contribution in [0.5, 0.6) is 0 Å². The van der Waals surface area contributed by atoms with Crippen LogP contribution in [0.4, 0.5) is 0 Å². The lowest BCUT2D eigenvalue weighted by Crippen LogP contribution is -2.42. The van der Waals surface area contributed by atoms with Gasteiger partial charge in [-0.25, -0.2) is 5.01 Å². The number of nitrogens with two attached hydrogens (primary N) is 1. The fourth-order valence-corrected chi connectivity index (χ4v) is 1.71. The summed E-state index contributed by atoms with van der Waals surface area (Å²) in [5.74, 6) is 5.82. The monoisotopic (exact) mass is 154 g/mol. The molecule has 0 spiro atoms. The lowest BCUT2D eigenvalue weighted by Gasteiger charge is -2.29. The van der Waals surface area contributed by atoms with Crippen LogP contribution in [-0.2, 0) is 0 Å². The summed E-state index contributed by atoms with van der Waals surface area (Å²) in [7, 11) is 0. The van der Waals surface area contributed by atoms with Crippen LogP contribution in [0.3, 0.4) is 0 Å². The molecule has 1 rings (SSSR count). The zero-order valence-electron chi connectivity index (χ0n) is 7.13. The van der Waals surface area contributed by atoms with Crippen LogP contribution in [-0.4, -0.2) is 17.6 Å².